The zero-order valence-electron chi connectivity index (χ0n) is 19.9. The van der Waals surface area contributed by atoms with Crippen molar-refractivity contribution in [1.82, 2.24) is 19.5 Å². The number of ether oxygens (including phenoxy) is 1. The second-order valence-electron chi connectivity index (χ2n) is 9.28. The average Bonchev–Trinajstić information content (AvgIpc) is 3.36. The lowest BCUT2D eigenvalue weighted by atomic mass is 9.95. The van der Waals surface area contributed by atoms with E-state index >= 15 is 4.39 Å². The van der Waals surface area contributed by atoms with Gasteiger partial charge in [-0.3, -0.25) is 4.79 Å². The summed E-state index contributed by atoms with van der Waals surface area (Å²) in [6, 6.07) is 8.25. The van der Waals surface area contributed by atoms with Crippen LogP contribution in [-0.4, -0.2) is 57.6 Å². The molecule has 2 aliphatic heterocycles. The first-order chi connectivity index (χ1) is 18.1. The maximum atomic E-state index is 15.2. The molecule has 0 N–H and O–H groups in total. The summed E-state index contributed by atoms with van der Waals surface area (Å²) in [6.45, 7) is 1.04. The van der Waals surface area contributed by atoms with E-state index in [2.05, 4.69) is 10.1 Å². The zero-order chi connectivity index (χ0) is 26.8. The quantitative estimate of drug-likeness (QED) is 0.309. The highest BCUT2D eigenvalue weighted by atomic mass is 35.5. The molecule has 1 atom stereocenters. The number of hydrogen-bond acceptors (Lipinski definition) is 6. The van der Waals surface area contributed by atoms with Gasteiger partial charge >= 0.3 is 0 Å². The van der Waals surface area contributed by atoms with E-state index in [0.717, 1.165) is 10.7 Å². The van der Waals surface area contributed by atoms with E-state index in [4.69, 9.17) is 27.9 Å². The fourth-order valence-corrected chi connectivity index (χ4v) is 6.05. The van der Waals surface area contributed by atoms with Gasteiger partial charge in [0.05, 0.1) is 29.5 Å². The first-order valence-corrected chi connectivity index (χ1v) is 13.3. The van der Waals surface area contributed by atoms with E-state index in [1.54, 1.807) is 33.7 Å². The molecule has 38 heavy (non-hydrogen) atoms. The molecule has 0 bridgehead atoms. The van der Waals surface area contributed by atoms with Gasteiger partial charge in [0.25, 0.3) is 11.8 Å². The predicted molar refractivity (Wildman–Crippen MR) is 138 cm³/mol. The van der Waals surface area contributed by atoms with Crippen LogP contribution in [0.1, 0.15) is 28.0 Å². The Kier molecular flexibility index (Phi) is 6.20. The van der Waals surface area contributed by atoms with Gasteiger partial charge in [-0.2, -0.15) is 5.10 Å². The number of carbonyl (C=O) groups is 1. The largest absolute Gasteiger partial charge is 0.482 e. The highest BCUT2D eigenvalue weighted by molar-refractivity contribution is 7.16. The van der Waals surface area contributed by atoms with Crippen molar-refractivity contribution in [3.8, 4) is 5.75 Å². The molecule has 2 aromatic heterocycles. The van der Waals surface area contributed by atoms with Gasteiger partial charge in [-0.1, -0.05) is 40.6 Å². The van der Waals surface area contributed by atoms with Gasteiger partial charge in [0.2, 0.25) is 4.96 Å². The Morgan fingerprint density at radius 3 is 2.71 bits per heavy atom. The molecule has 0 aliphatic carbocycles. The number of halogens is 5. The summed E-state index contributed by atoms with van der Waals surface area (Å²) >= 11 is 13.7. The maximum absolute atomic E-state index is 15.2. The van der Waals surface area contributed by atoms with Gasteiger partial charge in [-0.25, -0.2) is 22.7 Å². The van der Waals surface area contributed by atoms with Crippen molar-refractivity contribution in [2.75, 3.05) is 31.1 Å². The average molecular weight is 582 g/mol. The molecule has 2 aromatic carbocycles. The number of carbonyl (C=O) groups excluding carboxylic acids is 1. The Morgan fingerprint density at radius 2 is 2.00 bits per heavy atom. The molecule has 4 heterocycles. The highest BCUT2D eigenvalue weighted by Crippen LogP contribution is 2.39. The number of aromatic nitrogens is 3. The molecule has 0 radical (unpaired) electrons. The van der Waals surface area contributed by atoms with Crippen LogP contribution in [0.5, 0.6) is 5.75 Å². The Labute approximate surface area is 229 Å². The Hall–Kier alpha value is -3.02. The molecule has 0 spiro atoms. The van der Waals surface area contributed by atoms with Crippen LogP contribution in [-0.2, 0) is 11.2 Å². The molecule has 198 valence electrons. The molecule has 1 amide bonds. The van der Waals surface area contributed by atoms with Crippen LogP contribution in [0.3, 0.4) is 0 Å². The summed E-state index contributed by atoms with van der Waals surface area (Å²) in [5.41, 5.74) is 2.19. The third-order valence-electron chi connectivity index (χ3n) is 6.63. The van der Waals surface area contributed by atoms with Gasteiger partial charge in [0, 0.05) is 29.2 Å². The number of imidazole rings is 1. The highest BCUT2D eigenvalue weighted by Gasteiger charge is 2.44. The number of fused-ring (bicyclic) bond motifs is 3. The molecule has 6 rings (SSSR count). The second-order valence-corrected chi connectivity index (χ2v) is 11.3. The number of amides is 1. The van der Waals surface area contributed by atoms with Crippen molar-refractivity contribution >= 4 is 51.1 Å². The summed E-state index contributed by atoms with van der Waals surface area (Å²) < 4.78 is 49.0. The standard InChI is InChI=1S/C25H20Cl2F3N5O2S/c1-13-32-35-23-19(31-24(35)38-13)6-7-34(22(23)16-4-2-14(26)8-18(16)28)21(36)10-37-20-5-3-15(9-17(20)27)33-11-25(29,30)12-33/h2-5,8-9,22H,6-7,10-12H2,1H3. The topological polar surface area (TPSA) is 63.0 Å². The Morgan fingerprint density at radius 1 is 1.21 bits per heavy atom. The van der Waals surface area contributed by atoms with Gasteiger partial charge in [-0.15, -0.1) is 0 Å². The monoisotopic (exact) mass is 581 g/mol. The van der Waals surface area contributed by atoms with Crippen LogP contribution in [0, 0.1) is 12.7 Å². The van der Waals surface area contributed by atoms with Crippen LogP contribution < -0.4 is 9.64 Å². The minimum Gasteiger partial charge on any atom is -0.482 e. The number of nitrogens with zero attached hydrogens (tertiary/aromatic N) is 5. The smallest absolute Gasteiger partial charge is 0.282 e. The van der Waals surface area contributed by atoms with Gasteiger partial charge in [0.15, 0.2) is 6.61 Å². The fourth-order valence-electron chi connectivity index (χ4n) is 4.89. The number of hydrogen-bond donors (Lipinski definition) is 0. The van der Waals surface area contributed by atoms with E-state index in [-0.39, 0.29) is 47.0 Å². The van der Waals surface area contributed by atoms with E-state index < -0.39 is 17.8 Å². The van der Waals surface area contributed by atoms with Crippen molar-refractivity contribution in [2.24, 2.45) is 0 Å². The van der Waals surface area contributed by atoms with Crippen molar-refractivity contribution in [1.29, 1.82) is 0 Å². The van der Waals surface area contributed by atoms with Crippen LogP contribution >= 0.6 is 34.5 Å². The van der Waals surface area contributed by atoms with Crippen LogP contribution in [0.15, 0.2) is 36.4 Å². The molecule has 0 saturated carbocycles. The van der Waals surface area contributed by atoms with E-state index in [1.807, 2.05) is 6.92 Å². The first kappa shape index (κ1) is 25.3. The number of anilines is 1. The minimum absolute atomic E-state index is 0.196. The molecular formula is C25H20Cl2F3N5O2S. The molecular weight excluding hydrogens is 562 g/mol. The second kappa shape index (κ2) is 9.32. The SMILES string of the molecule is Cc1nn2c3c(nc2s1)CCN(C(=O)COc1ccc(N2CC(F)(F)C2)cc1Cl)C3c1ccc(Cl)cc1F. The number of alkyl halides is 2. The zero-order valence-corrected chi connectivity index (χ0v) is 22.3. The van der Waals surface area contributed by atoms with Crippen LogP contribution in [0.4, 0.5) is 18.9 Å². The van der Waals surface area contributed by atoms with Gasteiger partial charge < -0.3 is 14.5 Å². The van der Waals surface area contributed by atoms with E-state index in [9.17, 15) is 13.6 Å². The van der Waals surface area contributed by atoms with Gasteiger partial charge in [0.1, 0.15) is 22.6 Å². The first-order valence-electron chi connectivity index (χ1n) is 11.7. The predicted octanol–water partition coefficient (Wildman–Crippen LogP) is 5.55. The third-order valence-corrected chi connectivity index (χ3v) is 7.98. The number of aryl methyl sites for hydroxylation is 1. The lowest BCUT2D eigenvalue weighted by Crippen LogP contribution is -2.56. The summed E-state index contributed by atoms with van der Waals surface area (Å²) in [5, 5.41) is 5.77. The lowest BCUT2D eigenvalue weighted by Gasteiger charge is -2.40. The molecule has 1 unspecified atom stereocenters. The molecule has 13 heteroatoms. The van der Waals surface area contributed by atoms with Crippen molar-refractivity contribution in [2.45, 2.75) is 25.3 Å². The maximum Gasteiger partial charge on any atom is 0.282 e. The number of benzene rings is 2. The Bertz CT molecular complexity index is 1570. The molecule has 1 fully saturated rings. The van der Waals surface area contributed by atoms with E-state index in [1.165, 1.54) is 28.4 Å². The van der Waals surface area contributed by atoms with Crippen molar-refractivity contribution in [3.05, 3.63) is 74.2 Å². The normalized spacial score (nSPS) is 18.4. The fraction of sp³-hybridized carbons (Fsp3) is 0.320. The minimum atomic E-state index is -2.71. The van der Waals surface area contributed by atoms with E-state index in [0.29, 0.717) is 29.3 Å². The lowest BCUT2D eigenvalue weighted by molar-refractivity contribution is -0.135. The van der Waals surface area contributed by atoms with Gasteiger partial charge in [-0.05, 0) is 37.3 Å². The van der Waals surface area contributed by atoms with Crippen LogP contribution in [0.2, 0.25) is 10.0 Å². The summed E-state index contributed by atoms with van der Waals surface area (Å²) in [6.07, 6.45) is 0.470. The van der Waals surface area contributed by atoms with Crippen molar-refractivity contribution in [3.63, 3.8) is 0 Å². The Balaban J connectivity index is 1.27. The summed E-state index contributed by atoms with van der Waals surface area (Å²) in [5.74, 6) is -3.41. The molecule has 7 nitrogen and oxygen atoms in total. The summed E-state index contributed by atoms with van der Waals surface area (Å²) in [4.78, 5) is 21.9. The third kappa shape index (κ3) is 4.46. The van der Waals surface area contributed by atoms with Crippen molar-refractivity contribution < 1.29 is 22.7 Å². The van der Waals surface area contributed by atoms with Crippen LogP contribution in [0.25, 0.3) is 4.96 Å². The molecule has 4 aromatic rings. The molecule has 2 aliphatic rings. The summed E-state index contributed by atoms with van der Waals surface area (Å²) in [7, 11) is 0. The molecule has 1 saturated heterocycles. The number of rotatable bonds is 5.